The Morgan fingerprint density at radius 2 is 1.91 bits per heavy atom. The van der Waals surface area contributed by atoms with Gasteiger partial charge in [0, 0.05) is 25.0 Å². The summed E-state index contributed by atoms with van der Waals surface area (Å²) in [5.41, 5.74) is 5.18. The number of carbonyl (C=O) groups is 1. The molecule has 1 fully saturated rings. The van der Waals surface area contributed by atoms with Crippen LogP contribution in [-0.2, 0) is 10.9 Å². The lowest BCUT2D eigenvalue weighted by atomic mass is 9.93. The lowest BCUT2D eigenvalue weighted by Gasteiger charge is -2.24. The van der Waals surface area contributed by atoms with E-state index in [0.717, 1.165) is 12.1 Å². The average molecular weight is 330 g/mol. The number of ether oxygens (including phenoxy) is 1. The third-order valence-electron chi connectivity index (χ3n) is 3.66. The maximum absolute atomic E-state index is 12.8. The van der Waals surface area contributed by atoms with E-state index in [9.17, 15) is 18.0 Å². The van der Waals surface area contributed by atoms with Crippen molar-refractivity contribution in [1.29, 1.82) is 0 Å². The van der Waals surface area contributed by atoms with Crippen molar-refractivity contribution < 1.29 is 22.7 Å². The van der Waals surface area contributed by atoms with E-state index in [4.69, 9.17) is 10.5 Å². The summed E-state index contributed by atoms with van der Waals surface area (Å²) in [7, 11) is 0. The lowest BCUT2D eigenvalue weighted by molar-refractivity contribution is -0.137. The summed E-state index contributed by atoms with van der Waals surface area (Å²) in [6.45, 7) is 5.77. The molecule has 1 heterocycles. The molecule has 23 heavy (non-hydrogen) atoms. The fourth-order valence-electron chi connectivity index (χ4n) is 2.60. The number of nitrogens with zero attached hydrogens (tertiary/aromatic N) is 1. The molecule has 2 N–H and O–H groups in total. The molecule has 0 aliphatic carbocycles. The molecule has 0 radical (unpaired) electrons. The van der Waals surface area contributed by atoms with Crippen LogP contribution in [-0.4, -0.2) is 35.7 Å². The molecule has 0 bridgehead atoms. The molecule has 1 aromatic rings. The standard InChI is InChI=1S/C16H21F3N2O2/c1-15(2,3)23-14(22)21-8-12(13(20)9-21)10-5-4-6-11(7-10)16(17,18)19/h4-7,12-13H,8-9,20H2,1-3H3/t12-,13+/m1/s1. The van der Waals surface area contributed by atoms with Crippen molar-refractivity contribution in [1.82, 2.24) is 4.90 Å². The van der Waals surface area contributed by atoms with Crippen molar-refractivity contribution in [2.45, 2.75) is 44.5 Å². The molecule has 1 saturated heterocycles. The molecule has 1 aromatic carbocycles. The Kier molecular flexibility index (Phi) is 4.61. The molecule has 4 nitrogen and oxygen atoms in total. The highest BCUT2D eigenvalue weighted by Crippen LogP contribution is 2.33. The van der Waals surface area contributed by atoms with Gasteiger partial charge < -0.3 is 15.4 Å². The van der Waals surface area contributed by atoms with E-state index in [-0.39, 0.29) is 19.0 Å². The van der Waals surface area contributed by atoms with Gasteiger partial charge in [-0.3, -0.25) is 0 Å². The topological polar surface area (TPSA) is 55.6 Å². The van der Waals surface area contributed by atoms with Crippen LogP contribution in [0.5, 0.6) is 0 Å². The molecule has 2 rings (SSSR count). The largest absolute Gasteiger partial charge is 0.444 e. The molecule has 0 unspecified atom stereocenters. The summed E-state index contributed by atoms with van der Waals surface area (Å²) in [6, 6.07) is 4.67. The van der Waals surface area contributed by atoms with Crippen LogP contribution >= 0.6 is 0 Å². The molecule has 0 aromatic heterocycles. The highest BCUT2D eigenvalue weighted by Gasteiger charge is 2.37. The lowest BCUT2D eigenvalue weighted by Crippen LogP contribution is -2.36. The predicted octanol–water partition coefficient (Wildman–Crippen LogP) is 3.37. The first-order chi connectivity index (χ1) is 10.5. The van der Waals surface area contributed by atoms with E-state index >= 15 is 0 Å². The molecular weight excluding hydrogens is 309 g/mol. The van der Waals surface area contributed by atoms with E-state index in [1.54, 1.807) is 26.8 Å². The highest BCUT2D eigenvalue weighted by molar-refractivity contribution is 5.69. The molecule has 128 valence electrons. The molecule has 2 atom stereocenters. The number of amides is 1. The van der Waals surface area contributed by atoms with Gasteiger partial charge in [-0.25, -0.2) is 4.79 Å². The van der Waals surface area contributed by atoms with Crippen LogP contribution in [0.2, 0.25) is 0 Å². The SMILES string of the molecule is CC(C)(C)OC(=O)N1C[C@H](c2cccc(C(F)(F)F)c2)[C@@H](N)C1. The van der Waals surface area contributed by atoms with Crippen LogP contribution in [0.25, 0.3) is 0 Å². The van der Waals surface area contributed by atoms with Crippen LogP contribution in [0.15, 0.2) is 24.3 Å². The Bertz CT molecular complexity index is 581. The number of alkyl halides is 3. The van der Waals surface area contributed by atoms with Gasteiger partial charge in [-0.2, -0.15) is 13.2 Å². The molecule has 1 amide bonds. The molecule has 0 saturated carbocycles. The highest BCUT2D eigenvalue weighted by atomic mass is 19.4. The van der Waals surface area contributed by atoms with Gasteiger partial charge in [0.2, 0.25) is 0 Å². The van der Waals surface area contributed by atoms with Gasteiger partial charge in [-0.15, -0.1) is 0 Å². The number of carbonyl (C=O) groups excluding carboxylic acids is 1. The van der Waals surface area contributed by atoms with Crippen molar-refractivity contribution in [2.24, 2.45) is 5.73 Å². The summed E-state index contributed by atoms with van der Waals surface area (Å²) in [6.07, 6.45) is -4.90. The van der Waals surface area contributed by atoms with Crippen LogP contribution in [0.1, 0.15) is 37.8 Å². The Morgan fingerprint density at radius 3 is 2.48 bits per heavy atom. The van der Waals surface area contributed by atoms with Gasteiger partial charge >= 0.3 is 12.3 Å². The van der Waals surface area contributed by atoms with Crippen LogP contribution in [0.3, 0.4) is 0 Å². The van der Waals surface area contributed by atoms with Gasteiger partial charge in [0.1, 0.15) is 5.60 Å². The number of nitrogens with two attached hydrogens (primary N) is 1. The van der Waals surface area contributed by atoms with Crippen LogP contribution < -0.4 is 5.73 Å². The summed E-state index contributed by atoms with van der Waals surface area (Å²) in [4.78, 5) is 13.5. The van der Waals surface area contributed by atoms with Gasteiger partial charge in [0.15, 0.2) is 0 Å². The number of halogens is 3. The second-order valence-electron chi connectivity index (χ2n) is 6.78. The van der Waals surface area contributed by atoms with Crippen LogP contribution in [0, 0.1) is 0 Å². The minimum absolute atomic E-state index is 0.247. The molecule has 7 heteroatoms. The van der Waals surface area contributed by atoms with Crippen LogP contribution in [0.4, 0.5) is 18.0 Å². The van der Waals surface area contributed by atoms with E-state index in [1.165, 1.54) is 11.0 Å². The van der Waals surface area contributed by atoms with E-state index < -0.39 is 29.5 Å². The first-order valence-corrected chi connectivity index (χ1v) is 7.38. The zero-order chi connectivity index (χ0) is 17.4. The molecule has 1 aliphatic heterocycles. The predicted molar refractivity (Wildman–Crippen MR) is 80.0 cm³/mol. The molecule has 0 spiro atoms. The molecular formula is C16H21F3N2O2. The minimum atomic E-state index is -4.40. The Balaban J connectivity index is 2.15. The van der Waals surface area contributed by atoms with Crippen molar-refractivity contribution in [3.8, 4) is 0 Å². The van der Waals surface area contributed by atoms with Gasteiger partial charge in [-0.05, 0) is 32.4 Å². The minimum Gasteiger partial charge on any atom is -0.444 e. The monoisotopic (exact) mass is 330 g/mol. The summed E-state index contributed by atoms with van der Waals surface area (Å²) >= 11 is 0. The first-order valence-electron chi connectivity index (χ1n) is 7.38. The van der Waals surface area contributed by atoms with Crippen molar-refractivity contribution in [3.63, 3.8) is 0 Å². The Labute approximate surface area is 133 Å². The maximum atomic E-state index is 12.8. The second kappa shape index (κ2) is 6.03. The van der Waals surface area contributed by atoms with Gasteiger partial charge in [0.25, 0.3) is 0 Å². The summed E-state index contributed by atoms with van der Waals surface area (Å²) < 4.78 is 43.8. The normalized spacial score (nSPS) is 22.3. The number of hydrogen-bond acceptors (Lipinski definition) is 3. The van der Waals surface area contributed by atoms with Crippen molar-refractivity contribution >= 4 is 6.09 Å². The number of likely N-dealkylation sites (tertiary alicyclic amines) is 1. The van der Waals surface area contributed by atoms with E-state index in [2.05, 4.69) is 0 Å². The zero-order valence-corrected chi connectivity index (χ0v) is 13.4. The maximum Gasteiger partial charge on any atom is 0.416 e. The number of benzene rings is 1. The Hall–Kier alpha value is -1.76. The smallest absolute Gasteiger partial charge is 0.416 e. The van der Waals surface area contributed by atoms with Crippen molar-refractivity contribution in [2.75, 3.05) is 13.1 Å². The first kappa shape index (κ1) is 17.6. The summed E-state index contributed by atoms with van der Waals surface area (Å²) in [5.74, 6) is -0.343. The zero-order valence-electron chi connectivity index (χ0n) is 13.4. The number of rotatable bonds is 1. The number of hydrogen-bond donors (Lipinski definition) is 1. The third kappa shape index (κ3) is 4.37. The van der Waals surface area contributed by atoms with E-state index in [1.807, 2.05) is 0 Å². The Morgan fingerprint density at radius 1 is 1.26 bits per heavy atom. The second-order valence-corrected chi connectivity index (χ2v) is 6.78. The summed E-state index contributed by atoms with van der Waals surface area (Å²) in [5, 5.41) is 0. The van der Waals surface area contributed by atoms with E-state index in [0.29, 0.717) is 5.56 Å². The fourth-order valence-corrected chi connectivity index (χ4v) is 2.60. The quantitative estimate of drug-likeness (QED) is 0.859. The average Bonchev–Trinajstić information content (AvgIpc) is 2.78. The van der Waals surface area contributed by atoms with Gasteiger partial charge in [-0.1, -0.05) is 18.2 Å². The third-order valence-corrected chi connectivity index (χ3v) is 3.66. The fraction of sp³-hybridized carbons (Fsp3) is 0.562. The van der Waals surface area contributed by atoms with Crippen molar-refractivity contribution in [3.05, 3.63) is 35.4 Å². The molecule has 1 aliphatic rings. The van der Waals surface area contributed by atoms with Gasteiger partial charge in [0.05, 0.1) is 5.56 Å².